The molecule has 2 aromatic carbocycles. The van der Waals surface area contributed by atoms with Crippen LogP contribution in [-0.2, 0) is 6.54 Å². The van der Waals surface area contributed by atoms with Gasteiger partial charge >= 0.3 is 0 Å². The van der Waals surface area contributed by atoms with Crippen LogP contribution in [0.2, 0.25) is 0 Å². The quantitative estimate of drug-likeness (QED) is 0.665. The minimum atomic E-state index is 0.260. The molecule has 0 bridgehead atoms. The molecular weight excluding hydrogens is 342 g/mol. The molecule has 2 aromatic rings. The molecule has 4 rings (SSSR count). The standard InChI is InChI=1S/C21H25N3O3/c1-22-21(23-14-16-7-8-19-20(13-16)26-15-25-19)24-11-9-18(10-12-24)27-17-5-3-2-4-6-17/h2-8,13,18H,9-12,14-15H2,1H3,(H,22,23). The molecule has 0 aliphatic carbocycles. The Labute approximate surface area is 159 Å². The Morgan fingerprint density at radius 2 is 1.89 bits per heavy atom. The fourth-order valence-electron chi connectivity index (χ4n) is 3.44. The number of nitrogens with zero attached hydrogens (tertiary/aromatic N) is 2. The number of hydrogen-bond donors (Lipinski definition) is 1. The van der Waals surface area contributed by atoms with Crippen LogP contribution < -0.4 is 19.5 Å². The second kappa shape index (κ2) is 8.20. The maximum atomic E-state index is 6.08. The molecule has 0 amide bonds. The van der Waals surface area contributed by atoms with Crippen molar-refractivity contribution in [3.05, 3.63) is 54.1 Å². The highest BCUT2D eigenvalue weighted by Gasteiger charge is 2.23. The summed E-state index contributed by atoms with van der Waals surface area (Å²) in [7, 11) is 1.83. The van der Waals surface area contributed by atoms with E-state index in [1.807, 2.05) is 55.6 Å². The van der Waals surface area contributed by atoms with E-state index in [1.54, 1.807) is 0 Å². The van der Waals surface area contributed by atoms with E-state index in [9.17, 15) is 0 Å². The lowest BCUT2D eigenvalue weighted by Crippen LogP contribution is -2.47. The van der Waals surface area contributed by atoms with Crippen molar-refractivity contribution >= 4 is 5.96 Å². The predicted molar refractivity (Wildman–Crippen MR) is 104 cm³/mol. The zero-order valence-corrected chi connectivity index (χ0v) is 15.6. The second-order valence-electron chi connectivity index (χ2n) is 6.71. The number of nitrogens with one attached hydrogen (secondary N) is 1. The molecule has 1 fully saturated rings. The molecular formula is C21H25N3O3. The Morgan fingerprint density at radius 3 is 2.67 bits per heavy atom. The van der Waals surface area contributed by atoms with Gasteiger partial charge in [0.15, 0.2) is 17.5 Å². The zero-order chi connectivity index (χ0) is 18.5. The van der Waals surface area contributed by atoms with Crippen LogP contribution in [-0.4, -0.2) is 43.9 Å². The number of likely N-dealkylation sites (tertiary alicyclic amines) is 1. The van der Waals surface area contributed by atoms with Crippen molar-refractivity contribution < 1.29 is 14.2 Å². The first-order valence-electron chi connectivity index (χ1n) is 9.37. The Balaban J connectivity index is 1.28. The highest BCUT2D eigenvalue weighted by atomic mass is 16.7. The first-order chi connectivity index (χ1) is 13.3. The van der Waals surface area contributed by atoms with Crippen LogP contribution in [0.15, 0.2) is 53.5 Å². The number of rotatable bonds is 4. The van der Waals surface area contributed by atoms with E-state index < -0.39 is 0 Å². The highest BCUT2D eigenvalue weighted by molar-refractivity contribution is 5.80. The molecule has 1 saturated heterocycles. The van der Waals surface area contributed by atoms with Crippen molar-refractivity contribution in [1.82, 2.24) is 10.2 Å². The van der Waals surface area contributed by atoms with Gasteiger partial charge in [0.1, 0.15) is 11.9 Å². The van der Waals surface area contributed by atoms with Crippen LogP contribution in [0, 0.1) is 0 Å². The van der Waals surface area contributed by atoms with Gasteiger partial charge in [0, 0.05) is 39.5 Å². The molecule has 142 valence electrons. The van der Waals surface area contributed by atoms with Gasteiger partial charge in [0.05, 0.1) is 0 Å². The molecule has 27 heavy (non-hydrogen) atoms. The van der Waals surface area contributed by atoms with Crippen molar-refractivity contribution in [2.24, 2.45) is 4.99 Å². The van der Waals surface area contributed by atoms with Gasteiger partial charge in [-0.1, -0.05) is 24.3 Å². The normalized spacial score (nSPS) is 17.1. The summed E-state index contributed by atoms with van der Waals surface area (Å²) in [5.74, 6) is 3.49. The molecule has 0 aromatic heterocycles. The monoisotopic (exact) mass is 367 g/mol. The molecule has 2 heterocycles. The molecule has 0 unspecified atom stereocenters. The van der Waals surface area contributed by atoms with Gasteiger partial charge in [0.25, 0.3) is 0 Å². The van der Waals surface area contributed by atoms with Crippen molar-refractivity contribution in [3.63, 3.8) is 0 Å². The van der Waals surface area contributed by atoms with Crippen molar-refractivity contribution in [1.29, 1.82) is 0 Å². The van der Waals surface area contributed by atoms with E-state index >= 15 is 0 Å². The lowest BCUT2D eigenvalue weighted by Gasteiger charge is -2.34. The third-order valence-electron chi connectivity index (χ3n) is 4.89. The molecule has 2 aliphatic rings. The summed E-state index contributed by atoms with van der Waals surface area (Å²) in [6.45, 7) is 2.86. The van der Waals surface area contributed by atoms with Crippen LogP contribution in [0.25, 0.3) is 0 Å². The second-order valence-corrected chi connectivity index (χ2v) is 6.71. The van der Waals surface area contributed by atoms with Crippen LogP contribution in [0.5, 0.6) is 17.2 Å². The maximum absolute atomic E-state index is 6.08. The number of hydrogen-bond acceptors (Lipinski definition) is 4. The topological polar surface area (TPSA) is 55.3 Å². The minimum absolute atomic E-state index is 0.260. The Hall–Kier alpha value is -2.89. The summed E-state index contributed by atoms with van der Waals surface area (Å²) >= 11 is 0. The molecule has 2 aliphatic heterocycles. The Morgan fingerprint density at radius 1 is 1.11 bits per heavy atom. The molecule has 0 radical (unpaired) electrons. The van der Waals surface area contributed by atoms with Crippen molar-refractivity contribution in [2.45, 2.75) is 25.5 Å². The van der Waals surface area contributed by atoms with Gasteiger partial charge in [-0.15, -0.1) is 0 Å². The lowest BCUT2D eigenvalue weighted by molar-refractivity contribution is 0.129. The number of fused-ring (bicyclic) bond motifs is 1. The molecule has 0 spiro atoms. The van der Waals surface area contributed by atoms with Gasteiger partial charge in [-0.2, -0.15) is 0 Å². The molecule has 6 nitrogen and oxygen atoms in total. The molecule has 1 N–H and O–H groups in total. The first kappa shape index (κ1) is 17.5. The Bertz CT molecular complexity index is 787. The number of benzene rings is 2. The summed E-state index contributed by atoms with van der Waals surface area (Å²) in [6.07, 6.45) is 2.23. The van der Waals surface area contributed by atoms with Crippen molar-refractivity contribution in [2.75, 3.05) is 26.9 Å². The molecule has 6 heteroatoms. The number of ether oxygens (including phenoxy) is 3. The fraction of sp³-hybridized carbons (Fsp3) is 0.381. The average molecular weight is 367 g/mol. The van der Waals surface area contributed by atoms with E-state index in [2.05, 4.69) is 15.2 Å². The Kier molecular flexibility index (Phi) is 5.32. The van der Waals surface area contributed by atoms with Gasteiger partial charge in [-0.05, 0) is 29.8 Å². The first-order valence-corrected chi connectivity index (χ1v) is 9.37. The SMILES string of the molecule is CN=C(NCc1ccc2c(c1)OCO2)N1CCC(Oc2ccccc2)CC1. The van der Waals surface area contributed by atoms with Crippen LogP contribution in [0.1, 0.15) is 18.4 Å². The summed E-state index contributed by atoms with van der Waals surface area (Å²) in [5.41, 5.74) is 1.14. The fourth-order valence-corrected chi connectivity index (χ4v) is 3.44. The molecule has 0 atom stereocenters. The lowest BCUT2D eigenvalue weighted by atomic mass is 10.1. The summed E-state index contributed by atoms with van der Waals surface area (Å²) in [4.78, 5) is 6.73. The summed E-state index contributed by atoms with van der Waals surface area (Å²) in [5, 5.41) is 3.45. The maximum Gasteiger partial charge on any atom is 0.231 e. The van der Waals surface area contributed by atoms with E-state index in [0.717, 1.165) is 54.7 Å². The number of aliphatic imine (C=N–C) groups is 1. The van der Waals surface area contributed by atoms with E-state index in [-0.39, 0.29) is 6.10 Å². The van der Waals surface area contributed by atoms with E-state index in [1.165, 1.54) is 0 Å². The van der Waals surface area contributed by atoms with Gasteiger partial charge in [-0.3, -0.25) is 4.99 Å². The molecule has 0 saturated carbocycles. The van der Waals surface area contributed by atoms with Crippen LogP contribution in [0.3, 0.4) is 0 Å². The van der Waals surface area contributed by atoms with Gasteiger partial charge in [-0.25, -0.2) is 0 Å². The third kappa shape index (κ3) is 4.27. The number of piperidine rings is 1. The van der Waals surface area contributed by atoms with Gasteiger partial charge in [0.2, 0.25) is 6.79 Å². The van der Waals surface area contributed by atoms with Crippen LogP contribution >= 0.6 is 0 Å². The summed E-state index contributed by atoms with van der Waals surface area (Å²) in [6, 6.07) is 16.1. The minimum Gasteiger partial charge on any atom is -0.490 e. The predicted octanol–water partition coefficient (Wildman–Crippen LogP) is 3.03. The number of para-hydroxylation sites is 1. The van der Waals surface area contributed by atoms with Gasteiger partial charge < -0.3 is 24.4 Å². The van der Waals surface area contributed by atoms with Crippen molar-refractivity contribution in [3.8, 4) is 17.2 Å². The summed E-state index contributed by atoms with van der Waals surface area (Å²) < 4.78 is 16.9. The zero-order valence-electron chi connectivity index (χ0n) is 15.6. The third-order valence-corrected chi connectivity index (χ3v) is 4.89. The largest absolute Gasteiger partial charge is 0.490 e. The smallest absolute Gasteiger partial charge is 0.231 e. The average Bonchev–Trinajstić information content (AvgIpc) is 3.18. The van der Waals surface area contributed by atoms with E-state index in [0.29, 0.717) is 13.3 Å². The van der Waals surface area contributed by atoms with E-state index in [4.69, 9.17) is 14.2 Å². The number of guanidine groups is 1. The van der Waals surface area contributed by atoms with Crippen LogP contribution in [0.4, 0.5) is 0 Å². The highest BCUT2D eigenvalue weighted by Crippen LogP contribution is 2.32.